The van der Waals surface area contributed by atoms with Crippen LogP contribution in [-0.2, 0) is 11.3 Å². The van der Waals surface area contributed by atoms with E-state index in [1.165, 1.54) is 36.4 Å². The van der Waals surface area contributed by atoms with Crippen molar-refractivity contribution in [2.24, 2.45) is 0 Å². The molecule has 5 rings (SSSR count). The molecule has 1 aliphatic rings. The van der Waals surface area contributed by atoms with Crippen LogP contribution in [0, 0.1) is 0 Å². The molecule has 4 aromatic rings. The third-order valence-corrected chi connectivity index (χ3v) is 7.22. The fourth-order valence-corrected chi connectivity index (χ4v) is 5.45. The van der Waals surface area contributed by atoms with E-state index in [2.05, 4.69) is 34.1 Å². The van der Waals surface area contributed by atoms with Crippen LogP contribution in [0.5, 0.6) is 5.75 Å². The van der Waals surface area contributed by atoms with Crippen molar-refractivity contribution in [1.82, 2.24) is 14.9 Å². The van der Waals surface area contributed by atoms with Crippen molar-refractivity contribution in [3.63, 3.8) is 0 Å². The van der Waals surface area contributed by atoms with Crippen molar-refractivity contribution in [3.05, 3.63) is 66.7 Å². The van der Waals surface area contributed by atoms with Crippen LogP contribution >= 0.6 is 11.8 Å². The van der Waals surface area contributed by atoms with Crippen LogP contribution in [0.3, 0.4) is 0 Å². The van der Waals surface area contributed by atoms with Gasteiger partial charge in [-0.3, -0.25) is 4.79 Å². The predicted molar refractivity (Wildman–Crippen MR) is 135 cm³/mol. The Morgan fingerprint density at radius 3 is 2.70 bits per heavy atom. The van der Waals surface area contributed by atoms with Gasteiger partial charge in [-0.1, -0.05) is 79.6 Å². The fraction of sp³-hybridized carbons (Fsp3) is 0.333. The first-order chi connectivity index (χ1) is 16.3. The molecular weight excluding hydrogens is 430 g/mol. The molecule has 0 radical (unpaired) electrons. The summed E-state index contributed by atoms with van der Waals surface area (Å²) in [5, 5.41) is 6.35. The van der Waals surface area contributed by atoms with Crippen LogP contribution in [0.15, 0.2) is 71.9 Å². The number of nitrogens with one attached hydrogen (secondary N) is 1. The summed E-state index contributed by atoms with van der Waals surface area (Å²) in [6.07, 6.45) is 5.90. The predicted octanol–water partition coefficient (Wildman–Crippen LogP) is 5.81. The Morgan fingerprint density at radius 1 is 1.00 bits per heavy atom. The van der Waals surface area contributed by atoms with E-state index in [4.69, 9.17) is 9.72 Å². The summed E-state index contributed by atoms with van der Waals surface area (Å²) in [6.45, 7) is 1.19. The second-order valence-corrected chi connectivity index (χ2v) is 9.49. The molecule has 170 valence electrons. The van der Waals surface area contributed by atoms with E-state index in [1.807, 2.05) is 42.5 Å². The minimum atomic E-state index is 0.0949. The van der Waals surface area contributed by atoms with Gasteiger partial charge in [-0.25, -0.2) is 4.98 Å². The van der Waals surface area contributed by atoms with Gasteiger partial charge in [-0.05, 0) is 36.4 Å². The highest BCUT2D eigenvalue weighted by molar-refractivity contribution is 7.99. The van der Waals surface area contributed by atoms with E-state index in [1.54, 1.807) is 0 Å². The molecule has 1 N–H and O–H groups in total. The molecular formula is C27H29N3O2S. The third-order valence-electron chi connectivity index (χ3n) is 6.24. The summed E-state index contributed by atoms with van der Waals surface area (Å²) in [4.78, 5) is 17.3. The van der Waals surface area contributed by atoms with Crippen molar-refractivity contribution >= 4 is 39.5 Å². The number of hydrogen-bond acceptors (Lipinski definition) is 4. The van der Waals surface area contributed by atoms with Gasteiger partial charge >= 0.3 is 0 Å². The second kappa shape index (κ2) is 10.3. The number of rotatable bonds is 8. The maximum atomic E-state index is 12.5. The Bertz CT molecular complexity index is 1240. The normalized spacial score (nSPS) is 14.5. The van der Waals surface area contributed by atoms with E-state index in [0.29, 0.717) is 24.9 Å². The van der Waals surface area contributed by atoms with E-state index in [-0.39, 0.29) is 5.91 Å². The van der Waals surface area contributed by atoms with Gasteiger partial charge in [0.15, 0.2) is 5.16 Å². The van der Waals surface area contributed by atoms with Gasteiger partial charge in [0.05, 0.1) is 23.3 Å². The molecule has 0 unspecified atom stereocenters. The molecule has 3 aromatic carbocycles. The average Bonchev–Trinajstić information content (AvgIpc) is 3.21. The van der Waals surface area contributed by atoms with Gasteiger partial charge in [-0.15, -0.1) is 0 Å². The molecule has 0 bridgehead atoms. The van der Waals surface area contributed by atoms with Crippen LogP contribution in [-0.4, -0.2) is 33.9 Å². The zero-order valence-corrected chi connectivity index (χ0v) is 19.5. The number of para-hydroxylation sites is 2. The van der Waals surface area contributed by atoms with Crippen molar-refractivity contribution in [1.29, 1.82) is 0 Å². The summed E-state index contributed by atoms with van der Waals surface area (Å²) in [6, 6.07) is 22.8. The summed E-state index contributed by atoms with van der Waals surface area (Å²) in [5.41, 5.74) is 2.01. The molecule has 1 aromatic heterocycles. The molecule has 1 saturated carbocycles. The van der Waals surface area contributed by atoms with Crippen LogP contribution < -0.4 is 10.1 Å². The number of thioether (sulfide) groups is 1. The first-order valence-corrected chi connectivity index (χ1v) is 12.7. The maximum Gasteiger partial charge on any atom is 0.230 e. The molecule has 0 atom stereocenters. The topological polar surface area (TPSA) is 56.2 Å². The van der Waals surface area contributed by atoms with Crippen molar-refractivity contribution in [2.45, 2.75) is 49.8 Å². The Morgan fingerprint density at radius 2 is 1.79 bits per heavy atom. The van der Waals surface area contributed by atoms with Crippen molar-refractivity contribution in [2.75, 3.05) is 12.4 Å². The minimum absolute atomic E-state index is 0.0949. The molecule has 0 spiro atoms. The quantitative estimate of drug-likeness (QED) is 0.338. The standard InChI is InChI=1S/C27H29N3O2S/c31-26(28-21-11-2-1-3-12-21)19-33-27-29-23-14-6-7-15-24(23)30(27)17-18-32-25-16-8-10-20-9-4-5-13-22(20)25/h4-10,13-16,21H,1-3,11-12,17-19H2,(H,28,31). The largest absolute Gasteiger partial charge is 0.491 e. The van der Waals surface area contributed by atoms with Crippen LogP contribution in [0.4, 0.5) is 0 Å². The summed E-state index contributed by atoms with van der Waals surface area (Å²) < 4.78 is 8.35. The minimum Gasteiger partial charge on any atom is -0.491 e. The van der Waals surface area contributed by atoms with Gasteiger partial charge in [0.1, 0.15) is 12.4 Å². The number of imidazole rings is 1. The highest BCUT2D eigenvalue weighted by Gasteiger charge is 2.17. The first kappa shape index (κ1) is 21.8. The van der Waals surface area contributed by atoms with Crippen LogP contribution in [0.2, 0.25) is 0 Å². The van der Waals surface area contributed by atoms with E-state index in [0.717, 1.165) is 40.2 Å². The highest BCUT2D eigenvalue weighted by atomic mass is 32.2. The lowest BCUT2D eigenvalue weighted by Crippen LogP contribution is -2.37. The summed E-state index contributed by atoms with van der Waals surface area (Å²) in [5.74, 6) is 1.36. The smallest absolute Gasteiger partial charge is 0.230 e. The van der Waals surface area contributed by atoms with E-state index < -0.39 is 0 Å². The van der Waals surface area contributed by atoms with Crippen LogP contribution in [0.25, 0.3) is 21.8 Å². The number of fused-ring (bicyclic) bond motifs is 2. The average molecular weight is 460 g/mol. The lowest BCUT2D eigenvalue weighted by Gasteiger charge is -2.22. The molecule has 1 amide bonds. The molecule has 33 heavy (non-hydrogen) atoms. The number of aromatic nitrogens is 2. The highest BCUT2D eigenvalue weighted by Crippen LogP contribution is 2.27. The van der Waals surface area contributed by atoms with Crippen molar-refractivity contribution in [3.8, 4) is 5.75 Å². The second-order valence-electron chi connectivity index (χ2n) is 8.55. The number of benzene rings is 3. The monoisotopic (exact) mass is 459 g/mol. The Balaban J connectivity index is 1.27. The van der Waals surface area contributed by atoms with Gasteiger partial charge < -0.3 is 14.6 Å². The molecule has 1 aliphatic carbocycles. The van der Waals surface area contributed by atoms with Crippen molar-refractivity contribution < 1.29 is 9.53 Å². The Kier molecular flexibility index (Phi) is 6.81. The van der Waals surface area contributed by atoms with Gasteiger partial charge in [0.25, 0.3) is 0 Å². The lowest BCUT2D eigenvalue weighted by molar-refractivity contribution is -0.119. The molecule has 0 saturated heterocycles. The Labute approximate surface area is 198 Å². The van der Waals surface area contributed by atoms with E-state index >= 15 is 0 Å². The number of nitrogens with zero attached hydrogens (tertiary/aromatic N) is 2. The van der Waals surface area contributed by atoms with Gasteiger partial charge in [-0.2, -0.15) is 0 Å². The number of carbonyl (C=O) groups excluding carboxylic acids is 1. The van der Waals surface area contributed by atoms with Gasteiger partial charge in [0, 0.05) is 11.4 Å². The summed E-state index contributed by atoms with van der Waals surface area (Å²) in [7, 11) is 0. The zero-order chi connectivity index (χ0) is 22.5. The summed E-state index contributed by atoms with van der Waals surface area (Å²) >= 11 is 1.50. The van der Waals surface area contributed by atoms with Crippen LogP contribution in [0.1, 0.15) is 32.1 Å². The lowest BCUT2D eigenvalue weighted by atomic mass is 9.95. The maximum absolute atomic E-state index is 12.5. The van der Waals surface area contributed by atoms with Gasteiger partial charge in [0.2, 0.25) is 5.91 Å². The SMILES string of the molecule is O=C(CSc1nc2ccccc2n1CCOc1cccc2ccccc12)NC1CCCCC1. The molecule has 5 nitrogen and oxygen atoms in total. The van der Waals surface area contributed by atoms with E-state index in [9.17, 15) is 4.79 Å². The number of hydrogen-bond donors (Lipinski definition) is 1. The molecule has 1 heterocycles. The number of amides is 1. The molecule has 0 aliphatic heterocycles. The number of carbonyl (C=O) groups is 1. The third kappa shape index (κ3) is 5.17. The molecule has 6 heteroatoms. The fourth-order valence-electron chi connectivity index (χ4n) is 4.59. The number of ether oxygens (including phenoxy) is 1. The molecule has 1 fully saturated rings. The Hall–Kier alpha value is -2.99. The zero-order valence-electron chi connectivity index (χ0n) is 18.7. The first-order valence-electron chi connectivity index (χ1n) is 11.8.